The average Bonchev–Trinajstić information content (AvgIpc) is 2.77. The van der Waals surface area contributed by atoms with Crippen LogP contribution < -0.4 is 0 Å². The van der Waals surface area contributed by atoms with Crippen molar-refractivity contribution in [1.29, 1.82) is 0 Å². The van der Waals surface area contributed by atoms with Crippen molar-refractivity contribution < 1.29 is 38.6 Å². The summed E-state index contributed by atoms with van der Waals surface area (Å²) in [5.74, 6) is 0. The van der Waals surface area contributed by atoms with E-state index in [0.717, 1.165) is 0 Å². The molecule has 1 aromatic carbocycles. The summed E-state index contributed by atoms with van der Waals surface area (Å²) in [4.78, 5) is 0. The van der Waals surface area contributed by atoms with Crippen LogP contribution in [0.4, 0.5) is 0 Å². The number of benzene rings is 1. The van der Waals surface area contributed by atoms with Gasteiger partial charge in [0.2, 0.25) is 0 Å². The lowest BCUT2D eigenvalue weighted by Gasteiger charge is -2.28. The Morgan fingerprint density at radius 2 is 0.938 bits per heavy atom. The first kappa shape index (κ1) is 28.9. The summed E-state index contributed by atoms with van der Waals surface area (Å²) in [6, 6.07) is 7.22. The molecule has 0 amide bonds. The maximum Gasteiger partial charge on any atom is 0.110 e. The quantitative estimate of drug-likeness (QED) is 0.287. The minimum absolute atomic E-state index is 0.114. The van der Waals surface area contributed by atoms with Gasteiger partial charge in [-0.3, -0.25) is 0 Å². The summed E-state index contributed by atoms with van der Waals surface area (Å²) in [7, 11) is 0. The molecule has 0 aliphatic rings. The third kappa shape index (κ3) is 12.2. The molecule has 1 rings (SSSR count). The Bertz CT molecular complexity index is 544. The molecule has 8 nitrogen and oxygen atoms in total. The molecule has 0 saturated heterocycles. The van der Waals surface area contributed by atoms with Crippen LogP contribution in [0.3, 0.4) is 0 Å². The first-order valence-corrected chi connectivity index (χ1v) is 11.4. The molecular weight excluding hydrogens is 416 g/mol. The van der Waals surface area contributed by atoms with Crippen molar-refractivity contribution in [2.24, 2.45) is 0 Å². The number of aliphatic hydroxyl groups is 2. The van der Waals surface area contributed by atoms with E-state index in [2.05, 4.69) is 0 Å². The molecule has 0 fully saturated rings. The molecule has 1 aromatic rings. The zero-order chi connectivity index (χ0) is 23.7. The molecule has 0 aliphatic heterocycles. The maximum atomic E-state index is 10.9. The summed E-state index contributed by atoms with van der Waals surface area (Å²) in [6.07, 6.45) is 0. The number of rotatable bonds is 20. The van der Waals surface area contributed by atoms with Crippen LogP contribution in [0.1, 0.15) is 38.8 Å². The van der Waals surface area contributed by atoms with Gasteiger partial charge in [-0.2, -0.15) is 0 Å². The minimum Gasteiger partial charge on any atom is -0.383 e. The Labute approximate surface area is 192 Å². The van der Waals surface area contributed by atoms with Crippen LogP contribution in [0.5, 0.6) is 0 Å². The summed E-state index contributed by atoms with van der Waals surface area (Å²) < 4.78 is 32.4. The van der Waals surface area contributed by atoms with Crippen molar-refractivity contribution in [2.75, 3.05) is 79.3 Å². The maximum absolute atomic E-state index is 10.9. The molecule has 0 saturated carbocycles. The summed E-state index contributed by atoms with van der Waals surface area (Å²) in [6.45, 7) is 12.6. The molecule has 0 aliphatic carbocycles. The monoisotopic (exact) mass is 458 g/mol. The van der Waals surface area contributed by atoms with Crippen LogP contribution in [-0.2, 0) is 39.6 Å². The molecular formula is C24H42O8. The van der Waals surface area contributed by atoms with Crippen molar-refractivity contribution in [3.63, 3.8) is 0 Å². The van der Waals surface area contributed by atoms with Crippen molar-refractivity contribution in [1.82, 2.24) is 0 Å². The van der Waals surface area contributed by atoms with Gasteiger partial charge in [-0.05, 0) is 44.9 Å². The van der Waals surface area contributed by atoms with Gasteiger partial charge in [0.05, 0.1) is 66.1 Å². The first-order chi connectivity index (χ1) is 15.3. The highest BCUT2D eigenvalue weighted by Crippen LogP contribution is 2.27. The fourth-order valence-electron chi connectivity index (χ4n) is 2.86. The molecule has 0 spiro atoms. The van der Waals surface area contributed by atoms with Gasteiger partial charge in [0.1, 0.15) is 11.2 Å². The van der Waals surface area contributed by atoms with Gasteiger partial charge in [0.25, 0.3) is 0 Å². The number of hydrogen-bond donors (Lipinski definition) is 2. The molecule has 32 heavy (non-hydrogen) atoms. The van der Waals surface area contributed by atoms with E-state index in [1.807, 2.05) is 26.0 Å². The van der Waals surface area contributed by atoms with E-state index in [1.54, 1.807) is 26.0 Å². The Balaban J connectivity index is 2.41. The largest absolute Gasteiger partial charge is 0.383 e. The Kier molecular flexibility index (Phi) is 14.9. The van der Waals surface area contributed by atoms with Gasteiger partial charge in [0.15, 0.2) is 0 Å². The van der Waals surface area contributed by atoms with E-state index >= 15 is 0 Å². The fraction of sp³-hybridized carbons (Fsp3) is 0.750. The average molecular weight is 459 g/mol. The van der Waals surface area contributed by atoms with Crippen molar-refractivity contribution in [3.8, 4) is 0 Å². The third-order valence-electron chi connectivity index (χ3n) is 4.77. The fourth-order valence-corrected chi connectivity index (χ4v) is 2.86. The highest BCUT2D eigenvalue weighted by atomic mass is 16.6. The predicted molar refractivity (Wildman–Crippen MR) is 122 cm³/mol. The van der Waals surface area contributed by atoms with Gasteiger partial charge in [-0.15, -0.1) is 0 Å². The number of ether oxygens (including phenoxy) is 6. The van der Waals surface area contributed by atoms with Crippen LogP contribution >= 0.6 is 0 Å². The molecule has 0 heterocycles. The van der Waals surface area contributed by atoms with Crippen LogP contribution in [-0.4, -0.2) is 89.5 Å². The Morgan fingerprint density at radius 3 is 1.31 bits per heavy atom. The predicted octanol–water partition coefficient (Wildman–Crippen LogP) is 2.24. The molecule has 0 bridgehead atoms. The topological polar surface area (TPSA) is 95.8 Å². The highest BCUT2D eigenvalue weighted by Gasteiger charge is 2.28. The van der Waals surface area contributed by atoms with Crippen molar-refractivity contribution in [2.45, 2.75) is 38.9 Å². The molecule has 2 unspecified atom stereocenters. The summed E-state index contributed by atoms with van der Waals surface area (Å²) in [5.41, 5.74) is -1.09. The zero-order valence-electron chi connectivity index (χ0n) is 20.1. The standard InChI is InChI=1S/C24H42O8/c1-5-27-10-12-29-14-16-31-19-23(3,25)21-8-7-9-22(18-21)24(4,26)20-32-17-15-30-13-11-28-6-2/h7-9,18,25-26H,5-6,10-17,19-20H2,1-4H3. The van der Waals surface area contributed by atoms with Gasteiger partial charge >= 0.3 is 0 Å². The second kappa shape index (κ2) is 16.5. The van der Waals surface area contributed by atoms with Gasteiger partial charge < -0.3 is 38.6 Å². The summed E-state index contributed by atoms with van der Waals surface area (Å²) >= 11 is 0. The minimum atomic E-state index is -1.20. The second-order valence-corrected chi connectivity index (χ2v) is 7.85. The summed E-state index contributed by atoms with van der Waals surface area (Å²) in [5, 5.41) is 21.7. The molecule has 186 valence electrons. The van der Waals surface area contributed by atoms with Crippen LogP contribution in [0, 0.1) is 0 Å². The molecule has 2 atom stereocenters. The van der Waals surface area contributed by atoms with Gasteiger partial charge in [-0.1, -0.05) is 18.2 Å². The Morgan fingerprint density at radius 1 is 0.594 bits per heavy atom. The Hall–Kier alpha value is -1.10. The highest BCUT2D eigenvalue weighted by molar-refractivity contribution is 5.31. The van der Waals surface area contributed by atoms with Crippen molar-refractivity contribution in [3.05, 3.63) is 35.4 Å². The van der Waals surface area contributed by atoms with E-state index in [1.165, 1.54) is 0 Å². The van der Waals surface area contributed by atoms with E-state index in [4.69, 9.17) is 28.4 Å². The van der Waals surface area contributed by atoms with Crippen LogP contribution in [0.25, 0.3) is 0 Å². The number of hydrogen-bond acceptors (Lipinski definition) is 8. The van der Waals surface area contributed by atoms with Crippen LogP contribution in [0.2, 0.25) is 0 Å². The van der Waals surface area contributed by atoms with Crippen molar-refractivity contribution >= 4 is 0 Å². The zero-order valence-corrected chi connectivity index (χ0v) is 20.1. The SMILES string of the molecule is CCOCCOCCOCC(C)(O)c1cccc(C(C)(O)COCCOCCOCC)c1. The van der Waals surface area contributed by atoms with Gasteiger partial charge in [-0.25, -0.2) is 0 Å². The molecule has 2 N–H and O–H groups in total. The van der Waals surface area contributed by atoms with Gasteiger partial charge in [0, 0.05) is 13.2 Å². The van der Waals surface area contributed by atoms with E-state index in [0.29, 0.717) is 77.2 Å². The lowest BCUT2D eigenvalue weighted by molar-refractivity contribution is -0.0581. The lowest BCUT2D eigenvalue weighted by Crippen LogP contribution is -2.31. The van der Waals surface area contributed by atoms with E-state index < -0.39 is 11.2 Å². The normalized spacial score (nSPS) is 15.4. The molecule has 8 heteroatoms. The smallest absolute Gasteiger partial charge is 0.110 e. The molecule has 0 radical (unpaired) electrons. The van der Waals surface area contributed by atoms with E-state index in [9.17, 15) is 10.2 Å². The lowest BCUT2D eigenvalue weighted by atomic mass is 9.90. The third-order valence-corrected chi connectivity index (χ3v) is 4.77. The first-order valence-electron chi connectivity index (χ1n) is 11.4. The molecule has 0 aromatic heterocycles. The van der Waals surface area contributed by atoms with E-state index in [-0.39, 0.29) is 13.2 Å². The van der Waals surface area contributed by atoms with Crippen LogP contribution in [0.15, 0.2) is 24.3 Å². The second-order valence-electron chi connectivity index (χ2n) is 7.85.